The van der Waals surface area contributed by atoms with Crippen molar-refractivity contribution in [2.24, 2.45) is 0 Å². The van der Waals surface area contributed by atoms with Crippen molar-refractivity contribution in [3.63, 3.8) is 0 Å². The Balaban J connectivity index is 2.81. The van der Waals surface area contributed by atoms with Gasteiger partial charge >= 0.3 is 5.97 Å². The fourth-order valence-electron chi connectivity index (χ4n) is 1.36. The Morgan fingerprint density at radius 1 is 1.33 bits per heavy atom. The number of ether oxygens (including phenoxy) is 3. The first-order chi connectivity index (χ1) is 8.56. The second-order valence-corrected chi connectivity index (χ2v) is 4.01. The maximum atomic E-state index is 11.8. The first-order valence-corrected chi connectivity index (χ1v) is 5.77. The van der Waals surface area contributed by atoms with Crippen LogP contribution in [0.1, 0.15) is 24.2 Å². The molecule has 2 N–H and O–H groups in total. The minimum Gasteiger partial charge on any atom is -0.489 e. The second-order valence-electron chi connectivity index (χ2n) is 4.01. The fraction of sp³-hybridized carbons (Fsp3) is 0.462. The number of carbonyl (C=O) groups excluding carboxylic acids is 1. The highest BCUT2D eigenvalue weighted by molar-refractivity contribution is 5.96. The normalized spacial score (nSPS) is 10.4. The van der Waals surface area contributed by atoms with Gasteiger partial charge in [-0.2, -0.15) is 0 Å². The van der Waals surface area contributed by atoms with E-state index >= 15 is 0 Å². The summed E-state index contributed by atoms with van der Waals surface area (Å²) in [6, 6.07) is 5.02. The minimum absolute atomic E-state index is 0.185. The molecule has 0 heterocycles. The molecule has 0 aliphatic rings. The Morgan fingerprint density at radius 3 is 2.67 bits per heavy atom. The quantitative estimate of drug-likeness (QED) is 0.476. The van der Waals surface area contributed by atoms with E-state index < -0.39 is 5.97 Å². The van der Waals surface area contributed by atoms with E-state index in [9.17, 15) is 4.79 Å². The van der Waals surface area contributed by atoms with Crippen molar-refractivity contribution >= 4 is 11.7 Å². The maximum absolute atomic E-state index is 11.8. The molecular formula is C13H19NO4. The summed E-state index contributed by atoms with van der Waals surface area (Å²) in [7, 11) is 1.59. The number of nitrogen functional groups attached to an aromatic ring is 1. The minimum atomic E-state index is -0.445. The molecular weight excluding hydrogens is 234 g/mol. The van der Waals surface area contributed by atoms with Crippen LogP contribution in [0.25, 0.3) is 0 Å². The molecule has 0 spiro atoms. The average molecular weight is 253 g/mol. The predicted octanol–water partition coefficient (Wildman–Crippen LogP) is 1.86. The lowest BCUT2D eigenvalue weighted by atomic mass is 10.1. The molecule has 0 saturated heterocycles. The van der Waals surface area contributed by atoms with Gasteiger partial charge < -0.3 is 19.9 Å². The fourth-order valence-corrected chi connectivity index (χ4v) is 1.36. The van der Waals surface area contributed by atoms with E-state index in [4.69, 9.17) is 19.9 Å². The lowest BCUT2D eigenvalue weighted by molar-refractivity contribution is 0.0378. The second kappa shape index (κ2) is 6.86. The van der Waals surface area contributed by atoms with Crippen LogP contribution in [0.5, 0.6) is 5.75 Å². The molecule has 1 aromatic rings. The third-order valence-electron chi connectivity index (χ3n) is 2.17. The summed E-state index contributed by atoms with van der Waals surface area (Å²) in [4.78, 5) is 11.8. The summed E-state index contributed by atoms with van der Waals surface area (Å²) in [6.45, 7) is 4.41. The Kier molecular flexibility index (Phi) is 5.45. The molecule has 5 heteroatoms. The summed E-state index contributed by atoms with van der Waals surface area (Å²) in [5.74, 6) is 0.0185. The predicted molar refractivity (Wildman–Crippen MR) is 68.8 cm³/mol. The number of nitrogens with two attached hydrogens (primary N) is 1. The van der Waals surface area contributed by atoms with E-state index in [1.165, 1.54) is 0 Å². The number of hydrogen-bond donors (Lipinski definition) is 1. The highest BCUT2D eigenvalue weighted by Gasteiger charge is 2.15. The van der Waals surface area contributed by atoms with Gasteiger partial charge in [-0.05, 0) is 26.0 Å². The van der Waals surface area contributed by atoms with Crippen LogP contribution in [-0.2, 0) is 9.47 Å². The summed E-state index contributed by atoms with van der Waals surface area (Å²) in [6.07, 6.45) is -0.185. The number of para-hydroxylation sites is 1. The van der Waals surface area contributed by atoms with Crippen LogP contribution < -0.4 is 10.5 Å². The SMILES string of the molecule is COCCOc1cccc(C(=O)OC(C)C)c1N. The maximum Gasteiger partial charge on any atom is 0.340 e. The van der Waals surface area contributed by atoms with Gasteiger partial charge in [-0.3, -0.25) is 0 Å². The number of anilines is 1. The molecule has 5 nitrogen and oxygen atoms in total. The molecule has 0 bridgehead atoms. The summed E-state index contributed by atoms with van der Waals surface area (Å²) < 4.78 is 15.4. The van der Waals surface area contributed by atoms with Crippen molar-refractivity contribution < 1.29 is 19.0 Å². The van der Waals surface area contributed by atoms with E-state index in [-0.39, 0.29) is 6.10 Å². The number of benzene rings is 1. The van der Waals surface area contributed by atoms with Crippen LogP contribution in [0, 0.1) is 0 Å². The zero-order valence-corrected chi connectivity index (χ0v) is 10.9. The molecule has 0 saturated carbocycles. The molecule has 1 aromatic carbocycles. The Labute approximate surface area is 107 Å². The van der Waals surface area contributed by atoms with Crippen molar-refractivity contribution in [3.8, 4) is 5.75 Å². The first-order valence-electron chi connectivity index (χ1n) is 5.77. The van der Waals surface area contributed by atoms with Gasteiger partial charge in [0.15, 0.2) is 0 Å². The van der Waals surface area contributed by atoms with Gasteiger partial charge in [0.25, 0.3) is 0 Å². The number of hydrogen-bond acceptors (Lipinski definition) is 5. The van der Waals surface area contributed by atoms with Crippen LogP contribution in [0.15, 0.2) is 18.2 Å². The third kappa shape index (κ3) is 3.92. The average Bonchev–Trinajstić information content (AvgIpc) is 2.30. The number of methoxy groups -OCH3 is 1. The molecule has 0 atom stereocenters. The molecule has 0 aliphatic carbocycles. The molecule has 0 aliphatic heterocycles. The zero-order valence-electron chi connectivity index (χ0n) is 10.9. The molecule has 0 fully saturated rings. The summed E-state index contributed by atoms with van der Waals surface area (Å²) in [5.41, 5.74) is 6.48. The number of rotatable bonds is 6. The van der Waals surface area contributed by atoms with Crippen LogP contribution >= 0.6 is 0 Å². The topological polar surface area (TPSA) is 70.8 Å². The lowest BCUT2D eigenvalue weighted by Crippen LogP contribution is -2.14. The van der Waals surface area contributed by atoms with Gasteiger partial charge in [-0.25, -0.2) is 4.79 Å². The summed E-state index contributed by atoms with van der Waals surface area (Å²) in [5, 5.41) is 0. The van der Waals surface area contributed by atoms with Gasteiger partial charge in [0.05, 0.1) is 24.0 Å². The number of carbonyl (C=O) groups is 1. The third-order valence-corrected chi connectivity index (χ3v) is 2.17. The molecule has 0 aromatic heterocycles. The van der Waals surface area contributed by atoms with Gasteiger partial charge in [0.2, 0.25) is 0 Å². The van der Waals surface area contributed by atoms with E-state index in [2.05, 4.69) is 0 Å². The van der Waals surface area contributed by atoms with Gasteiger partial charge in [0, 0.05) is 7.11 Å². The van der Waals surface area contributed by atoms with Crippen LogP contribution in [0.4, 0.5) is 5.69 Å². The monoisotopic (exact) mass is 253 g/mol. The molecule has 0 unspecified atom stereocenters. The van der Waals surface area contributed by atoms with E-state index in [1.807, 2.05) is 0 Å². The molecule has 100 valence electrons. The molecule has 0 amide bonds. The Morgan fingerprint density at radius 2 is 2.06 bits per heavy atom. The largest absolute Gasteiger partial charge is 0.489 e. The van der Waals surface area contributed by atoms with Gasteiger partial charge in [-0.15, -0.1) is 0 Å². The smallest absolute Gasteiger partial charge is 0.340 e. The Bertz CT molecular complexity index is 404. The van der Waals surface area contributed by atoms with Crippen molar-refractivity contribution in [2.45, 2.75) is 20.0 Å². The van der Waals surface area contributed by atoms with E-state index in [0.717, 1.165) is 0 Å². The standard InChI is InChI=1S/C13H19NO4/c1-9(2)18-13(15)10-5-4-6-11(12(10)14)17-8-7-16-3/h4-6,9H,7-8,14H2,1-3H3. The van der Waals surface area contributed by atoms with E-state index in [0.29, 0.717) is 30.2 Å². The van der Waals surface area contributed by atoms with Crippen LogP contribution in [-0.4, -0.2) is 32.4 Å². The van der Waals surface area contributed by atoms with E-state index in [1.54, 1.807) is 39.2 Å². The number of esters is 1. The highest BCUT2D eigenvalue weighted by Crippen LogP contribution is 2.26. The lowest BCUT2D eigenvalue weighted by Gasteiger charge is -2.13. The Hall–Kier alpha value is -1.75. The first kappa shape index (κ1) is 14.3. The van der Waals surface area contributed by atoms with Crippen molar-refractivity contribution in [1.29, 1.82) is 0 Å². The van der Waals surface area contributed by atoms with Gasteiger partial charge in [-0.1, -0.05) is 6.07 Å². The van der Waals surface area contributed by atoms with Crippen LogP contribution in [0.2, 0.25) is 0 Å². The molecule has 0 radical (unpaired) electrons. The summed E-state index contributed by atoms with van der Waals surface area (Å²) >= 11 is 0. The highest BCUT2D eigenvalue weighted by atomic mass is 16.5. The van der Waals surface area contributed by atoms with Crippen molar-refractivity contribution in [3.05, 3.63) is 23.8 Å². The zero-order chi connectivity index (χ0) is 13.5. The van der Waals surface area contributed by atoms with Gasteiger partial charge in [0.1, 0.15) is 12.4 Å². The van der Waals surface area contributed by atoms with Crippen molar-refractivity contribution in [1.82, 2.24) is 0 Å². The van der Waals surface area contributed by atoms with Crippen molar-refractivity contribution in [2.75, 3.05) is 26.1 Å². The molecule has 18 heavy (non-hydrogen) atoms. The molecule has 1 rings (SSSR count). The van der Waals surface area contributed by atoms with Crippen LogP contribution in [0.3, 0.4) is 0 Å².